The normalized spacial score (nSPS) is 16.8. The summed E-state index contributed by atoms with van der Waals surface area (Å²) in [5.41, 5.74) is 3.71. The number of carbonyl (C=O) groups is 1. The van der Waals surface area contributed by atoms with Crippen LogP contribution >= 0.6 is 0 Å². The average molecular weight is 346 g/mol. The van der Waals surface area contributed by atoms with Crippen molar-refractivity contribution in [3.63, 3.8) is 0 Å². The first-order valence-electron chi connectivity index (χ1n) is 8.95. The topological polar surface area (TPSA) is 51.0 Å². The highest BCUT2D eigenvalue weighted by atomic mass is 16.2. The van der Waals surface area contributed by atoms with E-state index in [2.05, 4.69) is 33.6 Å². The summed E-state index contributed by atoms with van der Waals surface area (Å²) in [7, 11) is 0. The molecule has 2 aromatic heterocycles. The minimum Gasteiger partial charge on any atom is -0.336 e. The van der Waals surface area contributed by atoms with Crippen molar-refractivity contribution in [3.05, 3.63) is 71.8 Å². The molecular weight excluding hydrogens is 324 g/mol. The molecule has 1 aliphatic rings. The number of aromatic nitrogens is 3. The number of imidazole rings is 1. The van der Waals surface area contributed by atoms with Crippen molar-refractivity contribution in [1.29, 1.82) is 0 Å². The molecule has 1 aromatic carbocycles. The van der Waals surface area contributed by atoms with Crippen molar-refractivity contribution in [3.8, 4) is 11.4 Å². The lowest BCUT2D eigenvalue weighted by Gasteiger charge is -2.20. The van der Waals surface area contributed by atoms with Crippen LogP contribution in [-0.4, -0.2) is 38.4 Å². The Morgan fingerprint density at radius 3 is 2.65 bits per heavy atom. The molecule has 1 fully saturated rings. The summed E-state index contributed by atoms with van der Waals surface area (Å²) >= 11 is 0. The number of aryl methyl sites for hydroxylation is 2. The first kappa shape index (κ1) is 16.5. The monoisotopic (exact) mass is 346 g/mol. The van der Waals surface area contributed by atoms with Crippen LogP contribution in [0.4, 0.5) is 0 Å². The minimum absolute atomic E-state index is 0.0668. The molecule has 1 aliphatic heterocycles. The van der Waals surface area contributed by atoms with Gasteiger partial charge >= 0.3 is 0 Å². The molecular formula is C21H22N4O. The van der Waals surface area contributed by atoms with Gasteiger partial charge in [-0.3, -0.25) is 9.78 Å². The van der Waals surface area contributed by atoms with Gasteiger partial charge in [0, 0.05) is 42.4 Å². The van der Waals surface area contributed by atoms with Crippen LogP contribution in [0.25, 0.3) is 11.4 Å². The van der Waals surface area contributed by atoms with E-state index in [0.717, 1.165) is 35.7 Å². The fraction of sp³-hybridized carbons (Fsp3) is 0.286. The van der Waals surface area contributed by atoms with Gasteiger partial charge in [-0.2, -0.15) is 0 Å². The van der Waals surface area contributed by atoms with Gasteiger partial charge in [-0.1, -0.05) is 30.3 Å². The van der Waals surface area contributed by atoms with E-state index in [1.165, 1.54) is 0 Å². The Balaban J connectivity index is 1.60. The summed E-state index contributed by atoms with van der Waals surface area (Å²) in [5, 5.41) is 0. The number of benzene rings is 1. The number of hydrogen-bond acceptors (Lipinski definition) is 3. The average Bonchev–Trinajstić information content (AvgIpc) is 3.29. The number of pyridine rings is 1. The smallest absolute Gasteiger partial charge is 0.255 e. The predicted octanol–water partition coefficient (Wildman–Crippen LogP) is 3.65. The maximum atomic E-state index is 12.9. The Hall–Kier alpha value is -2.95. The first-order valence-corrected chi connectivity index (χ1v) is 8.95. The molecule has 1 atom stereocenters. The molecule has 1 unspecified atom stereocenters. The zero-order valence-electron chi connectivity index (χ0n) is 15.1. The standard InChI is InChI=1S/C21H22N4O/c1-15-13-23-20(17-7-4-3-5-8-17)25(15)18-10-12-24(14-18)21(26)19-9-6-11-22-16(19)2/h3-9,11,13,18H,10,12,14H2,1-2H3. The maximum Gasteiger partial charge on any atom is 0.255 e. The fourth-order valence-corrected chi connectivity index (χ4v) is 3.73. The summed E-state index contributed by atoms with van der Waals surface area (Å²) in [5.74, 6) is 1.04. The lowest BCUT2D eigenvalue weighted by Crippen LogP contribution is -2.30. The van der Waals surface area contributed by atoms with Crippen LogP contribution in [0.2, 0.25) is 0 Å². The highest BCUT2D eigenvalue weighted by Crippen LogP contribution is 2.30. The molecule has 0 saturated carbocycles. The van der Waals surface area contributed by atoms with Crippen molar-refractivity contribution in [1.82, 2.24) is 19.4 Å². The van der Waals surface area contributed by atoms with Crippen LogP contribution < -0.4 is 0 Å². The Kier molecular flexibility index (Phi) is 4.29. The minimum atomic E-state index is 0.0668. The van der Waals surface area contributed by atoms with E-state index in [4.69, 9.17) is 0 Å². The second kappa shape index (κ2) is 6.75. The highest BCUT2D eigenvalue weighted by molar-refractivity contribution is 5.95. The number of hydrogen-bond donors (Lipinski definition) is 0. The third-order valence-corrected chi connectivity index (χ3v) is 5.07. The van der Waals surface area contributed by atoms with Crippen LogP contribution in [0.15, 0.2) is 54.9 Å². The molecule has 5 heteroatoms. The third-order valence-electron chi connectivity index (χ3n) is 5.07. The largest absolute Gasteiger partial charge is 0.336 e. The Morgan fingerprint density at radius 2 is 1.88 bits per heavy atom. The van der Waals surface area contributed by atoms with Crippen LogP contribution in [-0.2, 0) is 0 Å². The Labute approximate surface area is 153 Å². The molecule has 5 nitrogen and oxygen atoms in total. The zero-order chi connectivity index (χ0) is 18.1. The van der Waals surface area contributed by atoms with Gasteiger partial charge in [0.1, 0.15) is 5.82 Å². The lowest BCUT2D eigenvalue weighted by molar-refractivity contribution is 0.0786. The highest BCUT2D eigenvalue weighted by Gasteiger charge is 2.30. The molecule has 0 bridgehead atoms. The van der Waals surface area contributed by atoms with Crippen molar-refractivity contribution < 1.29 is 4.79 Å². The second-order valence-electron chi connectivity index (χ2n) is 6.79. The van der Waals surface area contributed by atoms with E-state index in [0.29, 0.717) is 12.1 Å². The third kappa shape index (κ3) is 2.90. The number of rotatable bonds is 3. The van der Waals surface area contributed by atoms with Crippen molar-refractivity contribution >= 4 is 5.91 Å². The first-order chi connectivity index (χ1) is 12.6. The quantitative estimate of drug-likeness (QED) is 0.727. The summed E-state index contributed by atoms with van der Waals surface area (Å²) in [4.78, 5) is 23.7. The Morgan fingerprint density at radius 1 is 1.08 bits per heavy atom. The number of carbonyl (C=O) groups excluding carboxylic acids is 1. The lowest BCUT2D eigenvalue weighted by atomic mass is 10.1. The van der Waals surface area contributed by atoms with E-state index in [9.17, 15) is 4.79 Å². The van der Waals surface area contributed by atoms with Gasteiger partial charge in [0.2, 0.25) is 0 Å². The molecule has 0 spiro atoms. The fourth-order valence-electron chi connectivity index (χ4n) is 3.73. The predicted molar refractivity (Wildman–Crippen MR) is 101 cm³/mol. The van der Waals surface area contributed by atoms with Crippen molar-refractivity contribution in [2.45, 2.75) is 26.3 Å². The van der Waals surface area contributed by atoms with Gasteiger partial charge in [-0.05, 0) is 32.4 Å². The van der Waals surface area contributed by atoms with Crippen LogP contribution in [0, 0.1) is 13.8 Å². The summed E-state index contributed by atoms with van der Waals surface area (Å²) < 4.78 is 2.28. The molecule has 1 amide bonds. The number of amides is 1. The van der Waals surface area contributed by atoms with Crippen LogP contribution in [0.5, 0.6) is 0 Å². The van der Waals surface area contributed by atoms with Crippen molar-refractivity contribution in [2.24, 2.45) is 0 Å². The van der Waals surface area contributed by atoms with Gasteiger partial charge in [0.15, 0.2) is 0 Å². The maximum absolute atomic E-state index is 12.9. The molecule has 132 valence electrons. The van der Waals surface area contributed by atoms with Crippen LogP contribution in [0.1, 0.15) is 34.2 Å². The van der Waals surface area contributed by atoms with Gasteiger partial charge in [0.25, 0.3) is 5.91 Å². The summed E-state index contributed by atoms with van der Waals surface area (Å²) in [6.07, 6.45) is 4.57. The Bertz CT molecular complexity index is 932. The molecule has 26 heavy (non-hydrogen) atoms. The van der Waals surface area contributed by atoms with Crippen LogP contribution in [0.3, 0.4) is 0 Å². The SMILES string of the molecule is Cc1ncccc1C(=O)N1CCC(n2c(C)cnc2-c2ccccc2)C1. The van der Waals surface area contributed by atoms with E-state index >= 15 is 0 Å². The van der Waals surface area contributed by atoms with Gasteiger partial charge in [-0.15, -0.1) is 0 Å². The van der Waals surface area contributed by atoms with E-state index in [-0.39, 0.29) is 11.9 Å². The molecule has 0 aliphatic carbocycles. The van der Waals surface area contributed by atoms with E-state index < -0.39 is 0 Å². The molecule has 3 heterocycles. The molecule has 1 saturated heterocycles. The van der Waals surface area contributed by atoms with Gasteiger partial charge < -0.3 is 9.47 Å². The van der Waals surface area contributed by atoms with Gasteiger partial charge in [0.05, 0.1) is 11.6 Å². The summed E-state index contributed by atoms with van der Waals surface area (Å²) in [6.45, 7) is 5.41. The molecule has 0 N–H and O–H groups in total. The molecule has 0 radical (unpaired) electrons. The van der Waals surface area contributed by atoms with E-state index in [1.807, 2.05) is 48.4 Å². The van der Waals surface area contributed by atoms with Crippen molar-refractivity contribution in [2.75, 3.05) is 13.1 Å². The second-order valence-corrected chi connectivity index (χ2v) is 6.79. The molecule has 4 rings (SSSR count). The zero-order valence-corrected chi connectivity index (χ0v) is 15.1. The number of likely N-dealkylation sites (tertiary alicyclic amines) is 1. The van der Waals surface area contributed by atoms with E-state index in [1.54, 1.807) is 6.20 Å². The van der Waals surface area contributed by atoms with Gasteiger partial charge in [-0.25, -0.2) is 4.98 Å². The summed E-state index contributed by atoms with van der Waals surface area (Å²) in [6, 6.07) is 14.1. The molecule has 3 aromatic rings. The number of nitrogens with zero attached hydrogens (tertiary/aromatic N) is 4.